The molecule has 134 valence electrons. The Morgan fingerprint density at radius 1 is 1.32 bits per heavy atom. The van der Waals surface area contributed by atoms with Crippen molar-refractivity contribution >= 4 is 27.3 Å². The third-order valence-electron chi connectivity index (χ3n) is 4.44. The van der Waals surface area contributed by atoms with Gasteiger partial charge in [0.2, 0.25) is 10.0 Å². The second-order valence-corrected chi connectivity index (χ2v) is 8.89. The molecule has 0 aliphatic carbocycles. The Morgan fingerprint density at radius 3 is 2.72 bits per heavy atom. The molecule has 1 aliphatic rings. The molecule has 0 saturated heterocycles. The van der Waals surface area contributed by atoms with Gasteiger partial charge in [-0.05, 0) is 54.6 Å². The van der Waals surface area contributed by atoms with Crippen molar-refractivity contribution in [3.05, 3.63) is 51.7 Å². The summed E-state index contributed by atoms with van der Waals surface area (Å²) >= 11 is 1.78. The molecule has 25 heavy (non-hydrogen) atoms. The number of thiophene rings is 1. The van der Waals surface area contributed by atoms with Crippen molar-refractivity contribution in [3.63, 3.8) is 0 Å². The Morgan fingerprint density at radius 2 is 2.04 bits per heavy atom. The van der Waals surface area contributed by atoms with Crippen LogP contribution in [-0.2, 0) is 23.0 Å². The van der Waals surface area contributed by atoms with E-state index in [0.29, 0.717) is 6.54 Å². The lowest BCUT2D eigenvalue weighted by atomic mass is 10.1. The highest BCUT2D eigenvalue weighted by molar-refractivity contribution is 7.89. The topological polar surface area (TPSA) is 86.7 Å². The fraction of sp³-hybridized carbons (Fsp3) is 0.353. The maximum atomic E-state index is 12.4. The number of rotatable bonds is 6. The fourth-order valence-corrected chi connectivity index (χ4v) is 4.88. The smallest absolute Gasteiger partial charge is 0.335 e. The normalized spacial score (nSPS) is 16.4. The number of nitrogens with zero attached hydrogens (tertiary/aromatic N) is 1. The Bertz CT molecular complexity index is 859. The summed E-state index contributed by atoms with van der Waals surface area (Å²) in [5, 5.41) is 11.0. The molecule has 1 aliphatic heterocycles. The summed E-state index contributed by atoms with van der Waals surface area (Å²) in [4.78, 5) is 14.6. The zero-order valence-corrected chi connectivity index (χ0v) is 15.4. The van der Waals surface area contributed by atoms with Crippen molar-refractivity contribution in [2.75, 3.05) is 13.1 Å². The summed E-state index contributed by atoms with van der Waals surface area (Å²) in [7, 11) is -3.65. The molecule has 2 heterocycles. The number of carboxylic acids is 1. The molecule has 8 heteroatoms. The van der Waals surface area contributed by atoms with Crippen LogP contribution in [0.25, 0.3) is 0 Å². The Balaban J connectivity index is 1.61. The van der Waals surface area contributed by atoms with Crippen molar-refractivity contribution in [3.8, 4) is 0 Å². The van der Waals surface area contributed by atoms with Crippen LogP contribution in [0.1, 0.15) is 27.7 Å². The molecule has 1 aromatic heterocycles. The first-order valence-electron chi connectivity index (χ1n) is 7.99. The van der Waals surface area contributed by atoms with Crippen LogP contribution in [0.4, 0.5) is 0 Å². The number of benzene rings is 1. The van der Waals surface area contributed by atoms with Crippen LogP contribution in [-0.4, -0.2) is 43.5 Å². The average molecular weight is 380 g/mol. The van der Waals surface area contributed by atoms with E-state index in [1.54, 1.807) is 11.3 Å². The highest BCUT2D eigenvalue weighted by Gasteiger charge is 2.23. The van der Waals surface area contributed by atoms with E-state index < -0.39 is 16.0 Å². The molecule has 0 radical (unpaired) electrons. The van der Waals surface area contributed by atoms with E-state index in [9.17, 15) is 13.2 Å². The summed E-state index contributed by atoms with van der Waals surface area (Å²) in [5.74, 6) is -1.08. The largest absolute Gasteiger partial charge is 0.478 e. The lowest BCUT2D eigenvalue weighted by Gasteiger charge is -2.32. The highest BCUT2D eigenvalue weighted by Crippen LogP contribution is 2.25. The van der Waals surface area contributed by atoms with Crippen LogP contribution in [0.2, 0.25) is 0 Å². The van der Waals surface area contributed by atoms with Crippen LogP contribution in [0, 0.1) is 0 Å². The van der Waals surface area contributed by atoms with E-state index in [1.165, 1.54) is 34.7 Å². The first-order chi connectivity index (χ1) is 11.9. The van der Waals surface area contributed by atoms with Gasteiger partial charge >= 0.3 is 5.97 Å². The van der Waals surface area contributed by atoms with Gasteiger partial charge in [0.1, 0.15) is 0 Å². The SMILES string of the molecule is CC(CNS(=O)(=O)c1ccc(C(=O)O)cc1)N1CCc2sccc2C1. The zero-order valence-electron chi connectivity index (χ0n) is 13.8. The molecule has 2 aromatic rings. The molecule has 0 saturated carbocycles. The predicted octanol–water partition coefficient (Wildman–Crippen LogP) is 2.17. The maximum Gasteiger partial charge on any atom is 0.335 e. The number of carbonyl (C=O) groups is 1. The second-order valence-electron chi connectivity index (χ2n) is 6.12. The molecule has 0 bridgehead atoms. The van der Waals surface area contributed by atoms with Crippen molar-refractivity contribution < 1.29 is 18.3 Å². The molecule has 0 fully saturated rings. The van der Waals surface area contributed by atoms with E-state index >= 15 is 0 Å². The Labute approximate surface area is 151 Å². The van der Waals surface area contributed by atoms with Crippen molar-refractivity contribution in [1.29, 1.82) is 0 Å². The Kier molecular flexibility index (Phi) is 5.24. The minimum atomic E-state index is -3.65. The summed E-state index contributed by atoms with van der Waals surface area (Å²) in [6.45, 7) is 4.08. The zero-order chi connectivity index (χ0) is 18.0. The summed E-state index contributed by atoms with van der Waals surface area (Å²) in [6.07, 6.45) is 1.00. The minimum Gasteiger partial charge on any atom is -0.478 e. The summed E-state index contributed by atoms with van der Waals surface area (Å²) in [6, 6.07) is 7.42. The Hall–Kier alpha value is -1.74. The maximum absolute atomic E-state index is 12.4. The minimum absolute atomic E-state index is 0.0622. The number of sulfonamides is 1. The van der Waals surface area contributed by atoms with Gasteiger partial charge in [-0.1, -0.05) is 0 Å². The lowest BCUT2D eigenvalue weighted by Crippen LogP contribution is -2.44. The number of fused-ring (bicyclic) bond motifs is 1. The summed E-state index contributed by atoms with van der Waals surface area (Å²) in [5.41, 5.74) is 1.39. The molecule has 2 N–H and O–H groups in total. The molecule has 0 amide bonds. The summed E-state index contributed by atoms with van der Waals surface area (Å²) < 4.78 is 27.4. The fourth-order valence-electron chi connectivity index (χ4n) is 2.87. The molecular formula is C17H20N2O4S2. The van der Waals surface area contributed by atoms with Gasteiger partial charge in [-0.3, -0.25) is 4.90 Å². The number of hydrogen-bond acceptors (Lipinski definition) is 5. The van der Waals surface area contributed by atoms with Gasteiger partial charge in [-0.2, -0.15) is 0 Å². The third kappa shape index (κ3) is 4.09. The molecule has 1 aromatic carbocycles. The number of carboxylic acid groups (broad SMARTS) is 1. The van der Waals surface area contributed by atoms with Crippen molar-refractivity contribution in [1.82, 2.24) is 9.62 Å². The first-order valence-corrected chi connectivity index (χ1v) is 10.4. The van der Waals surface area contributed by atoms with Gasteiger partial charge in [0.25, 0.3) is 0 Å². The second kappa shape index (κ2) is 7.25. The van der Waals surface area contributed by atoms with Gasteiger partial charge in [0.15, 0.2) is 0 Å². The van der Waals surface area contributed by atoms with Crippen LogP contribution in [0.3, 0.4) is 0 Å². The van der Waals surface area contributed by atoms with Gasteiger partial charge < -0.3 is 5.11 Å². The molecule has 0 spiro atoms. The third-order valence-corrected chi connectivity index (χ3v) is 6.90. The van der Waals surface area contributed by atoms with Crippen molar-refractivity contribution in [2.24, 2.45) is 0 Å². The lowest BCUT2D eigenvalue weighted by molar-refractivity contribution is 0.0696. The van der Waals surface area contributed by atoms with Gasteiger partial charge in [0, 0.05) is 30.6 Å². The van der Waals surface area contributed by atoms with E-state index in [0.717, 1.165) is 19.5 Å². The van der Waals surface area contributed by atoms with Crippen LogP contribution >= 0.6 is 11.3 Å². The molecule has 1 atom stereocenters. The molecular weight excluding hydrogens is 360 g/mol. The molecule has 6 nitrogen and oxygen atoms in total. The van der Waals surface area contributed by atoms with Gasteiger partial charge in [0.05, 0.1) is 10.5 Å². The van der Waals surface area contributed by atoms with Crippen LogP contribution in [0.15, 0.2) is 40.6 Å². The van der Waals surface area contributed by atoms with E-state index in [2.05, 4.69) is 21.1 Å². The molecule has 1 unspecified atom stereocenters. The predicted molar refractivity (Wildman–Crippen MR) is 96.5 cm³/mol. The van der Waals surface area contributed by atoms with Crippen LogP contribution in [0.5, 0.6) is 0 Å². The average Bonchev–Trinajstić information content (AvgIpc) is 3.07. The number of hydrogen-bond donors (Lipinski definition) is 2. The van der Waals surface area contributed by atoms with Crippen LogP contribution < -0.4 is 4.72 Å². The number of nitrogens with one attached hydrogen (secondary N) is 1. The monoisotopic (exact) mass is 380 g/mol. The highest BCUT2D eigenvalue weighted by atomic mass is 32.2. The number of aromatic carboxylic acids is 1. The standard InChI is InChI=1S/C17H20N2O4S2/c1-12(19-8-6-16-14(11-19)7-9-24-16)10-18-25(22,23)15-4-2-13(3-5-15)17(20)21/h2-5,7,9,12,18H,6,8,10-11H2,1H3,(H,20,21). The van der Waals surface area contributed by atoms with E-state index in [-0.39, 0.29) is 16.5 Å². The van der Waals surface area contributed by atoms with Gasteiger partial charge in [-0.15, -0.1) is 11.3 Å². The van der Waals surface area contributed by atoms with E-state index in [4.69, 9.17) is 5.11 Å². The van der Waals surface area contributed by atoms with Gasteiger partial charge in [-0.25, -0.2) is 17.9 Å². The first kappa shape index (κ1) is 18.1. The quantitative estimate of drug-likeness (QED) is 0.802. The molecule has 3 rings (SSSR count). The van der Waals surface area contributed by atoms with Crippen molar-refractivity contribution in [2.45, 2.75) is 30.8 Å². The van der Waals surface area contributed by atoms with E-state index in [1.807, 2.05) is 6.92 Å².